The van der Waals surface area contributed by atoms with Gasteiger partial charge in [0.1, 0.15) is 0 Å². The molecule has 15 heavy (non-hydrogen) atoms. The third-order valence-corrected chi connectivity index (χ3v) is 2.88. The number of nitrogens with one attached hydrogen (secondary N) is 1. The average Bonchev–Trinajstić information content (AvgIpc) is 2.17. The lowest BCUT2D eigenvalue weighted by molar-refractivity contribution is 0.149. The highest BCUT2D eigenvalue weighted by atomic mass is 16.2. The van der Waals surface area contributed by atoms with Crippen LogP contribution in [0.25, 0.3) is 0 Å². The smallest absolute Gasteiger partial charge is 0.321 e. The molecule has 4 nitrogen and oxygen atoms in total. The molecule has 0 aromatic carbocycles. The number of amides is 2. The van der Waals surface area contributed by atoms with Crippen LogP contribution in [0, 0.1) is 0 Å². The molecule has 0 atom stereocenters. The number of hydrogen-bond donors (Lipinski definition) is 1. The summed E-state index contributed by atoms with van der Waals surface area (Å²) in [5, 5.41) is 2.73. The van der Waals surface area contributed by atoms with Gasteiger partial charge in [-0.25, -0.2) is 4.79 Å². The van der Waals surface area contributed by atoms with E-state index in [2.05, 4.69) is 23.8 Å². The second kappa shape index (κ2) is 5.16. The van der Waals surface area contributed by atoms with E-state index in [4.69, 9.17) is 0 Å². The topological polar surface area (TPSA) is 35.6 Å². The van der Waals surface area contributed by atoms with Gasteiger partial charge in [-0.3, -0.25) is 0 Å². The molecule has 0 radical (unpaired) electrons. The van der Waals surface area contributed by atoms with Gasteiger partial charge < -0.3 is 15.1 Å². The minimum Gasteiger partial charge on any atom is -0.325 e. The van der Waals surface area contributed by atoms with Gasteiger partial charge in [0.25, 0.3) is 0 Å². The molecule has 1 saturated heterocycles. The zero-order valence-electron chi connectivity index (χ0n) is 9.92. The maximum Gasteiger partial charge on any atom is 0.321 e. The number of piperidine rings is 1. The standard InChI is InChI=1S/C11H21N3O/c1-9(2)12-11(15)14(4)10-5-7-13(3)8-6-10/h10H,1,5-8H2,2-4H3,(H,12,15). The number of likely N-dealkylation sites (tertiary alicyclic amines) is 1. The van der Waals surface area contributed by atoms with Crippen molar-refractivity contribution in [2.24, 2.45) is 0 Å². The van der Waals surface area contributed by atoms with E-state index in [0.29, 0.717) is 11.7 Å². The van der Waals surface area contributed by atoms with Gasteiger partial charge in [0.2, 0.25) is 0 Å². The van der Waals surface area contributed by atoms with Crippen molar-refractivity contribution in [1.29, 1.82) is 0 Å². The molecule has 4 heteroatoms. The largest absolute Gasteiger partial charge is 0.325 e. The second-order valence-electron chi connectivity index (χ2n) is 4.36. The van der Waals surface area contributed by atoms with Crippen molar-refractivity contribution in [3.05, 3.63) is 12.3 Å². The molecule has 86 valence electrons. The fourth-order valence-electron chi connectivity index (χ4n) is 1.82. The molecule has 0 spiro atoms. The Bertz CT molecular complexity index is 244. The summed E-state index contributed by atoms with van der Waals surface area (Å²) in [6, 6.07) is 0.317. The molecule has 1 heterocycles. The van der Waals surface area contributed by atoms with Gasteiger partial charge in [-0.15, -0.1) is 0 Å². The van der Waals surface area contributed by atoms with E-state index in [1.54, 1.807) is 11.8 Å². The molecule has 0 aromatic heterocycles. The SMILES string of the molecule is C=C(C)NC(=O)N(C)C1CCN(C)CC1. The number of carbonyl (C=O) groups excluding carboxylic acids is 1. The Morgan fingerprint density at radius 2 is 2.00 bits per heavy atom. The average molecular weight is 211 g/mol. The van der Waals surface area contributed by atoms with Crippen molar-refractivity contribution in [1.82, 2.24) is 15.1 Å². The van der Waals surface area contributed by atoms with Crippen LogP contribution in [-0.4, -0.2) is 49.1 Å². The third-order valence-electron chi connectivity index (χ3n) is 2.88. The van der Waals surface area contributed by atoms with Gasteiger partial charge in [-0.2, -0.15) is 0 Å². The van der Waals surface area contributed by atoms with E-state index in [1.807, 2.05) is 7.05 Å². The van der Waals surface area contributed by atoms with Crippen LogP contribution in [0.3, 0.4) is 0 Å². The normalized spacial score (nSPS) is 18.6. The number of hydrogen-bond acceptors (Lipinski definition) is 2. The Labute approximate surface area is 91.9 Å². The number of carbonyl (C=O) groups is 1. The molecule has 0 aliphatic carbocycles. The zero-order valence-corrected chi connectivity index (χ0v) is 9.92. The Morgan fingerprint density at radius 1 is 1.47 bits per heavy atom. The summed E-state index contributed by atoms with van der Waals surface area (Å²) in [6.07, 6.45) is 2.10. The lowest BCUT2D eigenvalue weighted by atomic mass is 10.0. The van der Waals surface area contributed by atoms with Gasteiger partial charge in [0, 0.05) is 18.8 Å². The van der Waals surface area contributed by atoms with Crippen molar-refractivity contribution in [2.45, 2.75) is 25.8 Å². The molecular weight excluding hydrogens is 190 g/mol. The van der Waals surface area contributed by atoms with Crippen LogP contribution in [0.2, 0.25) is 0 Å². The van der Waals surface area contributed by atoms with Gasteiger partial charge in [-0.05, 0) is 39.9 Å². The summed E-state index contributed by atoms with van der Waals surface area (Å²) >= 11 is 0. The molecule has 1 N–H and O–H groups in total. The molecule has 0 saturated carbocycles. The van der Waals surface area contributed by atoms with E-state index in [0.717, 1.165) is 25.9 Å². The predicted molar refractivity (Wildman–Crippen MR) is 61.6 cm³/mol. The Balaban J connectivity index is 2.42. The highest BCUT2D eigenvalue weighted by Gasteiger charge is 2.23. The second-order valence-corrected chi connectivity index (χ2v) is 4.36. The van der Waals surface area contributed by atoms with E-state index < -0.39 is 0 Å². The third kappa shape index (κ3) is 3.55. The first kappa shape index (κ1) is 12.0. The first-order chi connectivity index (χ1) is 7.00. The summed E-state index contributed by atoms with van der Waals surface area (Å²) in [4.78, 5) is 15.8. The van der Waals surface area contributed by atoms with Gasteiger partial charge in [0.15, 0.2) is 0 Å². The maximum absolute atomic E-state index is 11.7. The van der Waals surface area contributed by atoms with Gasteiger partial charge in [0.05, 0.1) is 0 Å². The lowest BCUT2D eigenvalue weighted by Gasteiger charge is -2.35. The molecule has 0 unspecified atom stereocenters. The van der Waals surface area contributed by atoms with Crippen LogP contribution >= 0.6 is 0 Å². The number of nitrogens with zero attached hydrogens (tertiary/aromatic N) is 2. The fraction of sp³-hybridized carbons (Fsp3) is 0.727. The molecule has 1 aliphatic rings. The van der Waals surface area contributed by atoms with Crippen molar-refractivity contribution in [3.63, 3.8) is 0 Å². The van der Waals surface area contributed by atoms with Crippen LogP contribution in [0.1, 0.15) is 19.8 Å². The molecule has 2 amide bonds. The number of rotatable bonds is 2. The molecule has 1 rings (SSSR count). The van der Waals surface area contributed by atoms with E-state index in [1.165, 1.54) is 0 Å². The minimum absolute atomic E-state index is 0.0444. The summed E-state index contributed by atoms with van der Waals surface area (Å²) in [5.41, 5.74) is 0.694. The summed E-state index contributed by atoms with van der Waals surface area (Å²) < 4.78 is 0. The molecule has 1 aliphatic heterocycles. The fourth-order valence-corrected chi connectivity index (χ4v) is 1.82. The van der Waals surface area contributed by atoms with Crippen LogP contribution < -0.4 is 5.32 Å². The Morgan fingerprint density at radius 3 is 2.47 bits per heavy atom. The van der Waals surface area contributed by atoms with Crippen molar-refractivity contribution in [2.75, 3.05) is 27.2 Å². The lowest BCUT2D eigenvalue weighted by Crippen LogP contribution is -2.47. The van der Waals surface area contributed by atoms with Crippen molar-refractivity contribution < 1.29 is 4.79 Å². The quantitative estimate of drug-likeness (QED) is 0.746. The zero-order chi connectivity index (χ0) is 11.4. The van der Waals surface area contributed by atoms with E-state index in [-0.39, 0.29) is 6.03 Å². The Hall–Kier alpha value is -1.03. The van der Waals surface area contributed by atoms with Crippen LogP contribution in [0.4, 0.5) is 4.79 Å². The number of urea groups is 1. The minimum atomic E-state index is -0.0444. The highest BCUT2D eigenvalue weighted by Crippen LogP contribution is 2.14. The van der Waals surface area contributed by atoms with E-state index >= 15 is 0 Å². The monoisotopic (exact) mass is 211 g/mol. The maximum atomic E-state index is 11.7. The Kier molecular flexibility index (Phi) is 4.15. The summed E-state index contributed by atoms with van der Waals surface area (Å²) in [6.45, 7) is 7.59. The van der Waals surface area contributed by atoms with Crippen LogP contribution in [0.15, 0.2) is 12.3 Å². The molecular formula is C11H21N3O. The highest BCUT2D eigenvalue weighted by molar-refractivity contribution is 5.75. The van der Waals surface area contributed by atoms with Crippen molar-refractivity contribution in [3.8, 4) is 0 Å². The molecule has 0 aromatic rings. The van der Waals surface area contributed by atoms with E-state index in [9.17, 15) is 4.79 Å². The van der Waals surface area contributed by atoms with Gasteiger partial charge in [-0.1, -0.05) is 6.58 Å². The van der Waals surface area contributed by atoms with Crippen LogP contribution in [0.5, 0.6) is 0 Å². The predicted octanol–water partition coefficient (Wildman–Crippen LogP) is 1.26. The number of allylic oxidation sites excluding steroid dienone is 1. The first-order valence-electron chi connectivity index (χ1n) is 5.38. The molecule has 0 bridgehead atoms. The van der Waals surface area contributed by atoms with Crippen LogP contribution in [-0.2, 0) is 0 Å². The van der Waals surface area contributed by atoms with Gasteiger partial charge >= 0.3 is 6.03 Å². The van der Waals surface area contributed by atoms with Crippen molar-refractivity contribution >= 4 is 6.03 Å². The molecule has 1 fully saturated rings. The summed E-state index contributed by atoms with van der Waals surface area (Å²) in [5.74, 6) is 0. The summed E-state index contributed by atoms with van der Waals surface area (Å²) in [7, 11) is 3.97. The first-order valence-corrected chi connectivity index (χ1v) is 5.38.